The average Bonchev–Trinajstić information content (AvgIpc) is 2.69. The molecule has 1 fully saturated rings. The van der Waals surface area contributed by atoms with Gasteiger partial charge in [0.25, 0.3) is 0 Å². The number of nitrogens with two attached hydrogens (primary N) is 1. The van der Waals surface area contributed by atoms with E-state index in [0.29, 0.717) is 5.92 Å². The van der Waals surface area contributed by atoms with Crippen molar-refractivity contribution < 1.29 is 4.79 Å². The van der Waals surface area contributed by atoms with Crippen molar-refractivity contribution in [2.75, 3.05) is 19.6 Å². The first kappa shape index (κ1) is 12.1. The molecule has 1 aliphatic rings. The molecule has 0 saturated carbocycles. The van der Waals surface area contributed by atoms with Crippen LogP contribution in [0.25, 0.3) is 0 Å². The van der Waals surface area contributed by atoms with Gasteiger partial charge in [-0.15, -0.1) is 0 Å². The molecule has 1 heterocycles. The van der Waals surface area contributed by atoms with Gasteiger partial charge in [-0.2, -0.15) is 0 Å². The van der Waals surface area contributed by atoms with Gasteiger partial charge in [-0.3, -0.25) is 4.79 Å². The molecule has 0 radical (unpaired) electrons. The number of rotatable bonds is 4. The van der Waals surface area contributed by atoms with Crippen LogP contribution in [0.5, 0.6) is 0 Å². The first-order valence-corrected chi connectivity index (χ1v) is 6.22. The smallest absolute Gasteiger partial charge is 0.222 e. The first-order valence-electron chi connectivity index (χ1n) is 6.22. The van der Waals surface area contributed by atoms with Crippen molar-refractivity contribution in [1.29, 1.82) is 0 Å². The van der Waals surface area contributed by atoms with E-state index in [4.69, 9.17) is 5.73 Å². The van der Waals surface area contributed by atoms with E-state index in [1.165, 1.54) is 5.56 Å². The number of amides is 1. The second-order valence-electron chi connectivity index (χ2n) is 4.98. The van der Waals surface area contributed by atoms with Crippen LogP contribution in [0.3, 0.4) is 0 Å². The van der Waals surface area contributed by atoms with Crippen LogP contribution in [0, 0.1) is 11.8 Å². The third-order valence-corrected chi connectivity index (χ3v) is 3.61. The van der Waals surface area contributed by atoms with Gasteiger partial charge >= 0.3 is 0 Å². The van der Waals surface area contributed by atoms with E-state index < -0.39 is 0 Å². The third-order valence-electron chi connectivity index (χ3n) is 3.61. The zero-order chi connectivity index (χ0) is 12.3. The molecule has 0 aliphatic carbocycles. The number of benzene rings is 1. The van der Waals surface area contributed by atoms with Crippen LogP contribution in [0.4, 0.5) is 0 Å². The molecular weight excluding hydrogens is 212 g/mol. The Morgan fingerprint density at radius 2 is 2.06 bits per heavy atom. The molecule has 0 spiro atoms. The predicted molar refractivity (Wildman–Crippen MR) is 68.4 cm³/mol. The fraction of sp³-hybridized carbons (Fsp3) is 0.500. The summed E-state index contributed by atoms with van der Waals surface area (Å²) in [5, 5.41) is 0. The summed E-state index contributed by atoms with van der Waals surface area (Å²) in [4.78, 5) is 13.6. The minimum Gasteiger partial charge on any atom is -0.369 e. The van der Waals surface area contributed by atoms with Gasteiger partial charge in [-0.05, 0) is 17.9 Å². The largest absolute Gasteiger partial charge is 0.369 e. The van der Waals surface area contributed by atoms with Crippen molar-refractivity contribution >= 4 is 5.91 Å². The fourth-order valence-electron chi connectivity index (χ4n) is 2.55. The second kappa shape index (κ2) is 5.32. The van der Waals surface area contributed by atoms with E-state index in [2.05, 4.69) is 36.1 Å². The second-order valence-corrected chi connectivity index (χ2v) is 4.98. The van der Waals surface area contributed by atoms with Crippen LogP contribution < -0.4 is 5.73 Å². The van der Waals surface area contributed by atoms with Crippen molar-refractivity contribution in [3.63, 3.8) is 0 Å². The molecule has 2 atom stereocenters. The van der Waals surface area contributed by atoms with Crippen molar-refractivity contribution in [2.45, 2.75) is 13.3 Å². The van der Waals surface area contributed by atoms with Gasteiger partial charge in [0, 0.05) is 19.6 Å². The molecule has 1 saturated heterocycles. The molecule has 17 heavy (non-hydrogen) atoms. The lowest BCUT2D eigenvalue weighted by molar-refractivity contribution is -0.122. The summed E-state index contributed by atoms with van der Waals surface area (Å²) in [6.45, 7) is 4.93. The number of nitrogens with zero attached hydrogens (tertiary/aromatic N) is 1. The Kier molecular flexibility index (Phi) is 3.79. The highest BCUT2D eigenvalue weighted by Crippen LogP contribution is 2.22. The van der Waals surface area contributed by atoms with Crippen LogP contribution >= 0.6 is 0 Å². The van der Waals surface area contributed by atoms with E-state index in [0.717, 1.165) is 26.1 Å². The quantitative estimate of drug-likeness (QED) is 0.850. The lowest BCUT2D eigenvalue weighted by Crippen LogP contribution is -2.29. The summed E-state index contributed by atoms with van der Waals surface area (Å²) in [5.74, 6) is 0.272. The Labute approximate surface area is 103 Å². The number of hydrogen-bond donors (Lipinski definition) is 1. The van der Waals surface area contributed by atoms with Crippen LogP contribution in [-0.4, -0.2) is 30.4 Å². The predicted octanol–water partition coefficient (Wildman–Crippen LogP) is 1.28. The summed E-state index contributed by atoms with van der Waals surface area (Å²) in [5.41, 5.74) is 6.74. The Hall–Kier alpha value is -1.35. The first-order chi connectivity index (χ1) is 8.16. The van der Waals surface area contributed by atoms with Gasteiger partial charge in [-0.25, -0.2) is 0 Å². The molecule has 0 unspecified atom stereocenters. The van der Waals surface area contributed by atoms with E-state index in [-0.39, 0.29) is 11.8 Å². The number of carbonyl (C=O) groups excluding carboxylic acids is 1. The van der Waals surface area contributed by atoms with E-state index in [1.54, 1.807) is 0 Å². The Morgan fingerprint density at radius 3 is 2.65 bits per heavy atom. The average molecular weight is 232 g/mol. The Balaban J connectivity index is 1.84. The van der Waals surface area contributed by atoms with Crippen molar-refractivity contribution in [2.24, 2.45) is 17.6 Å². The van der Waals surface area contributed by atoms with Gasteiger partial charge in [0.15, 0.2) is 0 Å². The highest BCUT2D eigenvalue weighted by molar-refractivity contribution is 5.77. The Bertz CT molecular complexity index is 377. The SMILES string of the molecule is C[C@@H]1CN(CCc2ccccc2)C[C@H]1C(N)=O. The maximum Gasteiger partial charge on any atom is 0.222 e. The standard InChI is InChI=1S/C14H20N2O/c1-11-9-16(10-13(11)14(15)17)8-7-12-5-3-2-4-6-12/h2-6,11,13H,7-10H2,1H3,(H2,15,17)/t11-,13-/m1/s1. The lowest BCUT2D eigenvalue weighted by atomic mass is 9.98. The van der Waals surface area contributed by atoms with E-state index in [1.807, 2.05) is 6.07 Å². The van der Waals surface area contributed by atoms with E-state index in [9.17, 15) is 4.79 Å². The fourth-order valence-corrected chi connectivity index (χ4v) is 2.55. The molecule has 2 rings (SSSR count). The van der Waals surface area contributed by atoms with Gasteiger partial charge < -0.3 is 10.6 Å². The summed E-state index contributed by atoms with van der Waals surface area (Å²) >= 11 is 0. The normalized spacial score (nSPS) is 25.0. The molecule has 1 aromatic rings. The highest BCUT2D eigenvalue weighted by Gasteiger charge is 2.32. The maximum atomic E-state index is 11.2. The van der Waals surface area contributed by atoms with Crippen molar-refractivity contribution in [3.8, 4) is 0 Å². The number of carbonyl (C=O) groups is 1. The minimum atomic E-state index is -0.153. The van der Waals surface area contributed by atoms with Crippen LogP contribution in [0.2, 0.25) is 0 Å². The molecule has 1 aromatic carbocycles. The molecule has 0 bridgehead atoms. The molecule has 3 heteroatoms. The summed E-state index contributed by atoms with van der Waals surface area (Å²) in [6.07, 6.45) is 1.04. The van der Waals surface area contributed by atoms with Crippen molar-refractivity contribution in [1.82, 2.24) is 4.90 Å². The number of hydrogen-bond acceptors (Lipinski definition) is 2. The maximum absolute atomic E-state index is 11.2. The Morgan fingerprint density at radius 1 is 1.35 bits per heavy atom. The van der Waals surface area contributed by atoms with Crippen LogP contribution in [0.1, 0.15) is 12.5 Å². The molecule has 92 valence electrons. The number of likely N-dealkylation sites (tertiary alicyclic amines) is 1. The molecule has 1 amide bonds. The van der Waals surface area contributed by atoms with Crippen molar-refractivity contribution in [3.05, 3.63) is 35.9 Å². The highest BCUT2D eigenvalue weighted by atomic mass is 16.1. The topological polar surface area (TPSA) is 46.3 Å². The van der Waals surface area contributed by atoms with Gasteiger partial charge in [0.2, 0.25) is 5.91 Å². The zero-order valence-corrected chi connectivity index (χ0v) is 10.3. The lowest BCUT2D eigenvalue weighted by Gasteiger charge is -2.14. The van der Waals surface area contributed by atoms with Crippen LogP contribution in [0.15, 0.2) is 30.3 Å². The summed E-state index contributed by atoms with van der Waals surface area (Å²) in [7, 11) is 0. The zero-order valence-electron chi connectivity index (χ0n) is 10.3. The molecular formula is C14H20N2O. The van der Waals surface area contributed by atoms with Gasteiger partial charge in [0.1, 0.15) is 0 Å². The molecule has 0 aromatic heterocycles. The minimum absolute atomic E-state index is 0.0331. The van der Waals surface area contributed by atoms with E-state index >= 15 is 0 Å². The van der Waals surface area contributed by atoms with Gasteiger partial charge in [-0.1, -0.05) is 37.3 Å². The summed E-state index contributed by atoms with van der Waals surface area (Å²) in [6, 6.07) is 10.4. The monoisotopic (exact) mass is 232 g/mol. The van der Waals surface area contributed by atoms with Crippen LogP contribution in [-0.2, 0) is 11.2 Å². The van der Waals surface area contributed by atoms with Gasteiger partial charge in [0.05, 0.1) is 5.92 Å². The number of primary amides is 1. The molecule has 2 N–H and O–H groups in total. The summed E-state index contributed by atoms with van der Waals surface area (Å²) < 4.78 is 0. The third kappa shape index (κ3) is 3.07. The molecule has 1 aliphatic heterocycles. The molecule has 3 nitrogen and oxygen atoms in total.